The molecule has 0 spiro atoms. The molecule has 0 bridgehead atoms. The molecule has 1 aliphatic rings. The summed E-state index contributed by atoms with van der Waals surface area (Å²) in [5.74, 6) is -0.380. The molecule has 0 amide bonds. The van der Waals surface area contributed by atoms with Crippen LogP contribution in [0, 0.1) is 5.92 Å². The third-order valence-corrected chi connectivity index (χ3v) is 3.93. The summed E-state index contributed by atoms with van der Waals surface area (Å²) in [5, 5.41) is 0.993. The lowest BCUT2D eigenvalue weighted by molar-refractivity contribution is -0.148. The lowest BCUT2D eigenvalue weighted by atomic mass is 9.81. The summed E-state index contributed by atoms with van der Waals surface area (Å²) < 4.78 is 5.05. The zero-order valence-electron chi connectivity index (χ0n) is 10.5. The largest absolute Gasteiger partial charge is 0.466 e. The van der Waals surface area contributed by atoms with Crippen molar-refractivity contribution < 1.29 is 9.53 Å². The average molecular weight is 325 g/mol. The number of benzene rings is 1. The highest BCUT2D eigenvalue weighted by Gasteiger charge is 2.30. The Kier molecular flexibility index (Phi) is 5.93. The average Bonchev–Trinajstić information content (AvgIpc) is 2.32. The first-order valence-electron chi connectivity index (χ1n) is 5.93. The highest BCUT2D eigenvalue weighted by Crippen LogP contribution is 2.36. The lowest BCUT2D eigenvalue weighted by Gasteiger charge is -2.28. The second-order valence-corrected chi connectivity index (χ2v) is 5.27. The van der Waals surface area contributed by atoms with Crippen molar-refractivity contribution in [1.82, 2.24) is 0 Å². The van der Waals surface area contributed by atoms with Crippen LogP contribution in [0.25, 0.3) is 0 Å². The topological polar surface area (TPSA) is 52.3 Å². The van der Waals surface area contributed by atoms with Crippen LogP contribution in [0.1, 0.15) is 30.5 Å². The number of esters is 1. The van der Waals surface area contributed by atoms with Crippen LogP contribution in [-0.2, 0) is 16.0 Å². The first-order valence-corrected chi connectivity index (χ1v) is 6.68. The van der Waals surface area contributed by atoms with E-state index in [0.717, 1.165) is 11.1 Å². The predicted octanol–water partition coefficient (Wildman–Crippen LogP) is 3.54. The Hall–Kier alpha value is -0.480. The SMILES string of the molecule is CCOC(=O)C1Cc2cc(Cl)c(Cl)cc2C(N)C1.Cl. The van der Waals surface area contributed by atoms with E-state index in [0.29, 0.717) is 29.5 Å². The molecule has 0 heterocycles. The molecular weight excluding hydrogens is 309 g/mol. The molecule has 1 aromatic rings. The van der Waals surface area contributed by atoms with E-state index in [9.17, 15) is 4.79 Å². The van der Waals surface area contributed by atoms with Crippen LogP contribution in [0.5, 0.6) is 0 Å². The van der Waals surface area contributed by atoms with Gasteiger partial charge in [-0.05, 0) is 43.0 Å². The molecule has 0 saturated heterocycles. The van der Waals surface area contributed by atoms with Crippen molar-refractivity contribution in [2.45, 2.75) is 25.8 Å². The monoisotopic (exact) mass is 323 g/mol. The van der Waals surface area contributed by atoms with Crippen molar-refractivity contribution in [1.29, 1.82) is 0 Å². The predicted molar refractivity (Wildman–Crippen MR) is 79.1 cm³/mol. The van der Waals surface area contributed by atoms with Crippen LogP contribution < -0.4 is 5.73 Å². The summed E-state index contributed by atoms with van der Waals surface area (Å²) in [7, 11) is 0. The van der Waals surface area contributed by atoms with Gasteiger partial charge >= 0.3 is 5.97 Å². The fraction of sp³-hybridized carbons (Fsp3) is 0.462. The number of halogens is 3. The van der Waals surface area contributed by atoms with Crippen molar-refractivity contribution in [2.24, 2.45) is 11.7 Å². The van der Waals surface area contributed by atoms with E-state index in [1.807, 2.05) is 0 Å². The Balaban J connectivity index is 0.00000180. The van der Waals surface area contributed by atoms with Crippen LogP contribution >= 0.6 is 35.6 Å². The third-order valence-electron chi connectivity index (χ3n) is 3.21. The second kappa shape index (κ2) is 6.80. The minimum absolute atomic E-state index is 0. The van der Waals surface area contributed by atoms with Gasteiger partial charge in [-0.3, -0.25) is 4.79 Å². The summed E-state index contributed by atoms with van der Waals surface area (Å²) in [6, 6.07) is 3.40. The number of hydrogen-bond donors (Lipinski definition) is 1. The van der Waals surface area contributed by atoms with E-state index >= 15 is 0 Å². The highest BCUT2D eigenvalue weighted by atomic mass is 35.5. The fourth-order valence-electron chi connectivity index (χ4n) is 2.35. The molecule has 6 heteroatoms. The highest BCUT2D eigenvalue weighted by molar-refractivity contribution is 6.42. The molecule has 0 saturated carbocycles. The molecular formula is C13H16Cl3NO2. The second-order valence-electron chi connectivity index (χ2n) is 4.46. The van der Waals surface area contributed by atoms with Gasteiger partial charge < -0.3 is 10.5 Å². The molecule has 19 heavy (non-hydrogen) atoms. The van der Waals surface area contributed by atoms with Gasteiger partial charge in [-0.15, -0.1) is 12.4 Å². The van der Waals surface area contributed by atoms with E-state index in [4.69, 9.17) is 33.7 Å². The van der Waals surface area contributed by atoms with Gasteiger partial charge in [0.2, 0.25) is 0 Å². The summed E-state index contributed by atoms with van der Waals surface area (Å²) >= 11 is 12.0. The van der Waals surface area contributed by atoms with Crippen LogP contribution in [0.2, 0.25) is 10.0 Å². The van der Waals surface area contributed by atoms with Gasteiger partial charge in [0.25, 0.3) is 0 Å². The number of ether oxygens (including phenoxy) is 1. The van der Waals surface area contributed by atoms with Gasteiger partial charge in [-0.1, -0.05) is 23.2 Å². The van der Waals surface area contributed by atoms with Crippen molar-refractivity contribution in [3.63, 3.8) is 0 Å². The van der Waals surface area contributed by atoms with Crippen LogP contribution in [0.3, 0.4) is 0 Å². The standard InChI is InChI=1S/C13H15Cl2NO2.ClH/c1-2-18-13(17)8-3-7-4-10(14)11(15)6-9(7)12(16)5-8;/h4,6,8,12H,2-3,5,16H2,1H3;1H. The van der Waals surface area contributed by atoms with Crippen LogP contribution in [0.15, 0.2) is 12.1 Å². The van der Waals surface area contributed by atoms with Gasteiger partial charge in [0.05, 0.1) is 22.6 Å². The summed E-state index contributed by atoms with van der Waals surface area (Å²) in [6.07, 6.45) is 1.20. The van der Waals surface area contributed by atoms with Gasteiger partial charge in [0.1, 0.15) is 0 Å². The summed E-state index contributed by atoms with van der Waals surface area (Å²) in [6.45, 7) is 2.18. The molecule has 106 valence electrons. The molecule has 0 radical (unpaired) electrons. The minimum Gasteiger partial charge on any atom is -0.466 e. The van der Waals surface area contributed by atoms with Crippen molar-refractivity contribution in [3.05, 3.63) is 33.3 Å². The van der Waals surface area contributed by atoms with Crippen molar-refractivity contribution >= 4 is 41.6 Å². The Morgan fingerprint density at radius 1 is 1.42 bits per heavy atom. The Labute approximate surface area is 128 Å². The maximum atomic E-state index is 11.8. The van der Waals surface area contributed by atoms with E-state index in [1.165, 1.54) is 0 Å². The Morgan fingerprint density at radius 3 is 2.68 bits per heavy atom. The summed E-state index contributed by atoms with van der Waals surface area (Å²) in [4.78, 5) is 11.8. The van der Waals surface area contributed by atoms with Gasteiger partial charge in [0.15, 0.2) is 0 Å². The zero-order valence-corrected chi connectivity index (χ0v) is 12.8. The zero-order chi connectivity index (χ0) is 13.3. The molecule has 0 aromatic heterocycles. The van der Waals surface area contributed by atoms with Crippen molar-refractivity contribution in [2.75, 3.05) is 6.61 Å². The van der Waals surface area contributed by atoms with Gasteiger partial charge in [0, 0.05) is 6.04 Å². The molecule has 0 aliphatic heterocycles. The molecule has 1 aliphatic carbocycles. The molecule has 2 atom stereocenters. The first-order chi connectivity index (χ1) is 8.52. The number of carbonyl (C=O) groups is 1. The number of nitrogens with two attached hydrogens (primary N) is 1. The molecule has 2 rings (SSSR count). The minimum atomic E-state index is -0.196. The third kappa shape index (κ3) is 3.54. The molecule has 3 nitrogen and oxygen atoms in total. The normalized spacial score (nSPS) is 21.3. The Morgan fingerprint density at radius 2 is 2.05 bits per heavy atom. The van der Waals surface area contributed by atoms with Crippen molar-refractivity contribution in [3.8, 4) is 0 Å². The number of carbonyl (C=O) groups excluding carboxylic acids is 1. The van der Waals surface area contributed by atoms with E-state index in [1.54, 1.807) is 19.1 Å². The number of hydrogen-bond acceptors (Lipinski definition) is 3. The smallest absolute Gasteiger partial charge is 0.309 e. The molecule has 0 fully saturated rings. The van der Waals surface area contributed by atoms with Gasteiger partial charge in [-0.25, -0.2) is 0 Å². The fourth-order valence-corrected chi connectivity index (χ4v) is 2.71. The number of rotatable bonds is 2. The first kappa shape index (κ1) is 16.6. The lowest BCUT2D eigenvalue weighted by Crippen LogP contribution is -2.30. The Bertz CT molecular complexity index is 479. The maximum Gasteiger partial charge on any atom is 0.309 e. The number of fused-ring (bicyclic) bond motifs is 1. The molecule has 1 aromatic carbocycles. The maximum absolute atomic E-state index is 11.8. The molecule has 2 N–H and O–H groups in total. The van der Waals surface area contributed by atoms with Gasteiger partial charge in [-0.2, -0.15) is 0 Å². The van der Waals surface area contributed by atoms with E-state index in [2.05, 4.69) is 0 Å². The van der Waals surface area contributed by atoms with Crippen LogP contribution in [-0.4, -0.2) is 12.6 Å². The van der Waals surface area contributed by atoms with E-state index < -0.39 is 0 Å². The molecule has 2 unspecified atom stereocenters. The van der Waals surface area contributed by atoms with Crippen LogP contribution in [0.4, 0.5) is 0 Å². The summed E-state index contributed by atoms with van der Waals surface area (Å²) in [5.41, 5.74) is 8.04. The van der Waals surface area contributed by atoms with E-state index in [-0.39, 0.29) is 30.3 Å². The quantitative estimate of drug-likeness (QED) is 0.847.